The summed E-state index contributed by atoms with van der Waals surface area (Å²) in [7, 11) is 2.09. The molecule has 5 heteroatoms. The highest BCUT2D eigenvalue weighted by Crippen LogP contribution is 2.18. The Morgan fingerprint density at radius 1 is 1.00 bits per heavy atom. The van der Waals surface area contributed by atoms with Crippen LogP contribution in [0.3, 0.4) is 0 Å². The van der Waals surface area contributed by atoms with Crippen molar-refractivity contribution in [3.8, 4) is 0 Å². The summed E-state index contributed by atoms with van der Waals surface area (Å²) in [5.41, 5.74) is 3.74. The summed E-state index contributed by atoms with van der Waals surface area (Å²) in [6.07, 6.45) is 4.02. The molecule has 132 valence electrons. The number of H-pyrrole nitrogens is 1. The van der Waals surface area contributed by atoms with Crippen molar-refractivity contribution >= 4 is 29.0 Å². The number of carbonyl (C=O) groups excluding carboxylic acids is 1. The average molecular weight is 346 g/mol. The Labute approximate surface area is 152 Å². The van der Waals surface area contributed by atoms with Gasteiger partial charge in [-0.25, -0.2) is 0 Å². The fourth-order valence-corrected chi connectivity index (χ4v) is 3.22. The Morgan fingerprint density at radius 2 is 1.73 bits per heavy atom. The van der Waals surface area contributed by atoms with Crippen LogP contribution in [-0.4, -0.2) is 59.1 Å². The van der Waals surface area contributed by atoms with Crippen LogP contribution in [0.2, 0.25) is 0 Å². The molecule has 0 spiro atoms. The van der Waals surface area contributed by atoms with Gasteiger partial charge in [-0.15, -0.1) is 0 Å². The summed E-state index contributed by atoms with van der Waals surface area (Å²) in [4.78, 5) is 16.8. The summed E-state index contributed by atoms with van der Waals surface area (Å²) in [6.45, 7) is 3.46. The van der Waals surface area contributed by atoms with Gasteiger partial charge in [-0.1, -0.05) is 36.4 Å². The van der Waals surface area contributed by atoms with Crippen molar-refractivity contribution in [2.24, 2.45) is 0 Å². The number of rotatable bonds is 3. The molecule has 1 saturated heterocycles. The number of benzene rings is 2. The van der Waals surface area contributed by atoms with Crippen molar-refractivity contribution in [1.29, 1.82) is 0 Å². The van der Waals surface area contributed by atoms with Gasteiger partial charge in [-0.05, 0) is 36.9 Å². The van der Waals surface area contributed by atoms with Crippen LogP contribution in [0.25, 0.3) is 23.1 Å². The summed E-state index contributed by atoms with van der Waals surface area (Å²) in [5.74, 6) is 0.118. The first-order chi connectivity index (χ1) is 12.7. The van der Waals surface area contributed by atoms with Crippen molar-refractivity contribution in [2.75, 3.05) is 33.2 Å². The number of hydrogen-bond acceptors (Lipinski definition) is 3. The van der Waals surface area contributed by atoms with E-state index in [9.17, 15) is 4.79 Å². The van der Waals surface area contributed by atoms with Gasteiger partial charge in [0.25, 0.3) is 5.91 Å². The second kappa shape index (κ2) is 7.14. The summed E-state index contributed by atoms with van der Waals surface area (Å²) >= 11 is 0. The van der Waals surface area contributed by atoms with Crippen molar-refractivity contribution < 1.29 is 4.79 Å². The Hall–Kier alpha value is -2.92. The molecule has 3 aromatic rings. The maximum absolute atomic E-state index is 12.6. The molecule has 1 N–H and O–H groups in total. The molecule has 2 aromatic carbocycles. The Morgan fingerprint density at radius 3 is 2.50 bits per heavy atom. The van der Waals surface area contributed by atoms with Gasteiger partial charge in [-0.3, -0.25) is 9.89 Å². The number of piperazine rings is 1. The molecule has 1 aliphatic rings. The zero-order valence-electron chi connectivity index (χ0n) is 14.9. The number of amides is 1. The minimum Gasteiger partial charge on any atom is -0.336 e. The SMILES string of the molecule is CN1CCN(C(=O)c2ccc(/C=C/c3n[nH]c4ccccc34)cc2)CC1. The Kier molecular flexibility index (Phi) is 4.54. The second-order valence-electron chi connectivity index (χ2n) is 6.71. The molecule has 1 aromatic heterocycles. The van der Waals surface area contributed by atoms with Crippen LogP contribution in [0.15, 0.2) is 48.5 Å². The lowest BCUT2D eigenvalue weighted by molar-refractivity contribution is 0.0664. The highest BCUT2D eigenvalue weighted by atomic mass is 16.2. The monoisotopic (exact) mass is 346 g/mol. The second-order valence-corrected chi connectivity index (χ2v) is 6.71. The van der Waals surface area contributed by atoms with E-state index >= 15 is 0 Å². The third kappa shape index (κ3) is 3.39. The highest BCUT2D eigenvalue weighted by molar-refractivity contribution is 5.95. The van der Waals surface area contributed by atoms with Crippen LogP contribution >= 0.6 is 0 Å². The molecule has 5 nitrogen and oxygen atoms in total. The number of hydrogen-bond donors (Lipinski definition) is 1. The largest absolute Gasteiger partial charge is 0.336 e. The Bertz CT molecular complexity index is 934. The molecule has 0 radical (unpaired) electrons. The molecule has 1 fully saturated rings. The van der Waals surface area contributed by atoms with Gasteiger partial charge in [0.2, 0.25) is 0 Å². The summed E-state index contributed by atoms with van der Waals surface area (Å²) in [6, 6.07) is 15.8. The number of aromatic nitrogens is 2. The molecule has 0 unspecified atom stereocenters. The van der Waals surface area contributed by atoms with Crippen molar-refractivity contribution in [3.05, 3.63) is 65.4 Å². The predicted molar refractivity (Wildman–Crippen MR) is 105 cm³/mol. The van der Waals surface area contributed by atoms with E-state index in [0.717, 1.165) is 53.9 Å². The fourth-order valence-electron chi connectivity index (χ4n) is 3.22. The van der Waals surface area contributed by atoms with Crippen molar-refractivity contribution in [1.82, 2.24) is 20.0 Å². The molecule has 0 aliphatic carbocycles. The first kappa shape index (κ1) is 16.5. The fraction of sp³-hybridized carbons (Fsp3) is 0.238. The number of fused-ring (bicyclic) bond motifs is 1. The van der Waals surface area contributed by atoms with E-state index in [2.05, 4.69) is 28.2 Å². The molecule has 1 aliphatic heterocycles. The van der Waals surface area contributed by atoms with Gasteiger partial charge in [0.1, 0.15) is 0 Å². The lowest BCUT2D eigenvalue weighted by Gasteiger charge is -2.32. The number of aromatic amines is 1. The van der Waals surface area contributed by atoms with E-state index in [1.54, 1.807) is 0 Å². The van der Waals surface area contributed by atoms with E-state index in [4.69, 9.17) is 0 Å². The molecule has 0 bridgehead atoms. The number of likely N-dealkylation sites (N-methyl/N-ethyl adjacent to an activating group) is 1. The molecule has 0 atom stereocenters. The first-order valence-corrected chi connectivity index (χ1v) is 8.90. The van der Waals surface area contributed by atoms with Crippen molar-refractivity contribution in [2.45, 2.75) is 0 Å². The zero-order valence-corrected chi connectivity index (χ0v) is 14.9. The lowest BCUT2D eigenvalue weighted by Crippen LogP contribution is -2.47. The molecule has 4 rings (SSSR count). The van der Waals surface area contributed by atoms with E-state index in [-0.39, 0.29) is 5.91 Å². The van der Waals surface area contributed by atoms with Crippen LogP contribution in [0, 0.1) is 0 Å². The summed E-state index contributed by atoms with van der Waals surface area (Å²) < 4.78 is 0. The normalized spacial score (nSPS) is 15.8. The van der Waals surface area contributed by atoms with E-state index < -0.39 is 0 Å². The molecule has 0 saturated carbocycles. The van der Waals surface area contributed by atoms with Gasteiger partial charge < -0.3 is 9.80 Å². The van der Waals surface area contributed by atoms with Crippen molar-refractivity contribution in [3.63, 3.8) is 0 Å². The molecule has 2 heterocycles. The van der Waals surface area contributed by atoms with Gasteiger partial charge >= 0.3 is 0 Å². The molecule has 1 amide bonds. The molecular weight excluding hydrogens is 324 g/mol. The Balaban J connectivity index is 1.46. The maximum atomic E-state index is 12.6. The van der Waals surface area contributed by atoms with E-state index in [1.165, 1.54) is 0 Å². The standard InChI is InChI=1S/C21H22N4O/c1-24-12-14-25(15-13-24)21(26)17-9-6-16(7-10-17)8-11-20-18-4-2-3-5-19(18)22-23-20/h2-11H,12-15H2,1H3,(H,22,23)/b11-8+. The van der Waals surface area contributed by atoms with E-state index in [1.807, 2.05) is 59.5 Å². The van der Waals surface area contributed by atoms with Crippen LogP contribution in [0.4, 0.5) is 0 Å². The first-order valence-electron chi connectivity index (χ1n) is 8.90. The minimum absolute atomic E-state index is 0.118. The van der Waals surface area contributed by atoms with Gasteiger partial charge in [0.15, 0.2) is 0 Å². The quantitative estimate of drug-likeness (QED) is 0.793. The van der Waals surface area contributed by atoms with Gasteiger partial charge in [0.05, 0.1) is 11.2 Å². The highest BCUT2D eigenvalue weighted by Gasteiger charge is 2.19. The smallest absolute Gasteiger partial charge is 0.253 e. The van der Waals surface area contributed by atoms with Crippen LogP contribution in [0.5, 0.6) is 0 Å². The number of carbonyl (C=O) groups is 1. The molecule has 26 heavy (non-hydrogen) atoms. The lowest BCUT2D eigenvalue weighted by atomic mass is 10.1. The molecular formula is C21H22N4O. The number of para-hydroxylation sites is 1. The van der Waals surface area contributed by atoms with Gasteiger partial charge in [-0.2, -0.15) is 5.10 Å². The topological polar surface area (TPSA) is 52.2 Å². The average Bonchev–Trinajstić information content (AvgIpc) is 3.10. The van der Waals surface area contributed by atoms with Crippen LogP contribution in [-0.2, 0) is 0 Å². The van der Waals surface area contributed by atoms with Crippen LogP contribution in [0.1, 0.15) is 21.6 Å². The van der Waals surface area contributed by atoms with Gasteiger partial charge in [0, 0.05) is 37.1 Å². The number of nitrogens with zero attached hydrogens (tertiary/aromatic N) is 3. The zero-order chi connectivity index (χ0) is 17.9. The predicted octanol–water partition coefficient (Wildman–Crippen LogP) is 3.12. The minimum atomic E-state index is 0.118. The maximum Gasteiger partial charge on any atom is 0.253 e. The summed E-state index contributed by atoms with van der Waals surface area (Å²) in [5, 5.41) is 8.48. The third-order valence-corrected chi connectivity index (χ3v) is 4.88. The van der Waals surface area contributed by atoms with E-state index in [0.29, 0.717) is 0 Å². The van der Waals surface area contributed by atoms with Crippen LogP contribution < -0.4 is 0 Å². The third-order valence-electron chi connectivity index (χ3n) is 4.88. The number of nitrogens with one attached hydrogen (secondary N) is 1.